The molecule has 100 valence electrons. The molecule has 0 aliphatic carbocycles. The molecule has 2 N–H and O–H groups in total. The van der Waals surface area contributed by atoms with Gasteiger partial charge >= 0.3 is 0 Å². The molecule has 1 aromatic carbocycles. The number of benzene rings is 1. The fraction of sp³-hybridized carbons (Fsp3) is 0.333. The van der Waals surface area contributed by atoms with Gasteiger partial charge in [-0.05, 0) is 50.6 Å². The zero-order chi connectivity index (χ0) is 14.0. The van der Waals surface area contributed by atoms with Crippen LogP contribution >= 0.6 is 0 Å². The van der Waals surface area contributed by atoms with E-state index in [4.69, 9.17) is 10.5 Å². The van der Waals surface area contributed by atoms with Crippen LogP contribution in [0.4, 0.5) is 0 Å². The SMILES string of the molecule is COc1ccc(-c2ccnc(C(C)(C)N)n2)cc1C. The van der Waals surface area contributed by atoms with E-state index in [1.807, 2.05) is 39.0 Å². The van der Waals surface area contributed by atoms with Crippen LogP contribution < -0.4 is 10.5 Å². The van der Waals surface area contributed by atoms with E-state index in [-0.39, 0.29) is 0 Å². The van der Waals surface area contributed by atoms with E-state index in [9.17, 15) is 0 Å². The molecule has 0 aliphatic rings. The lowest BCUT2D eigenvalue weighted by atomic mass is 10.0. The van der Waals surface area contributed by atoms with E-state index in [2.05, 4.69) is 16.0 Å². The highest BCUT2D eigenvalue weighted by molar-refractivity contribution is 5.61. The van der Waals surface area contributed by atoms with Crippen molar-refractivity contribution < 1.29 is 4.74 Å². The van der Waals surface area contributed by atoms with Crippen molar-refractivity contribution in [2.45, 2.75) is 26.3 Å². The smallest absolute Gasteiger partial charge is 0.148 e. The predicted octanol–water partition coefficient (Wildman–Crippen LogP) is 2.65. The van der Waals surface area contributed by atoms with Crippen LogP contribution in [0.15, 0.2) is 30.5 Å². The first-order valence-corrected chi connectivity index (χ1v) is 6.19. The molecule has 4 heteroatoms. The molecule has 0 radical (unpaired) electrons. The van der Waals surface area contributed by atoms with E-state index in [1.165, 1.54) is 0 Å². The molecule has 0 amide bonds. The number of rotatable bonds is 3. The van der Waals surface area contributed by atoms with Gasteiger partial charge in [0.1, 0.15) is 11.6 Å². The number of hydrogen-bond acceptors (Lipinski definition) is 4. The van der Waals surface area contributed by atoms with E-state index < -0.39 is 5.54 Å². The van der Waals surface area contributed by atoms with Gasteiger partial charge in [0.05, 0.1) is 18.3 Å². The molecule has 0 saturated heterocycles. The molecular formula is C15H19N3O. The normalized spacial score (nSPS) is 11.4. The minimum absolute atomic E-state index is 0.544. The number of aromatic nitrogens is 2. The number of aryl methyl sites for hydroxylation is 1. The van der Waals surface area contributed by atoms with Gasteiger partial charge in [0.2, 0.25) is 0 Å². The first-order chi connectivity index (χ1) is 8.91. The Bertz CT molecular complexity index is 588. The lowest BCUT2D eigenvalue weighted by Crippen LogP contribution is -2.31. The fourth-order valence-corrected chi connectivity index (χ4v) is 1.87. The van der Waals surface area contributed by atoms with Crippen molar-refractivity contribution in [1.82, 2.24) is 9.97 Å². The first kappa shape index (κ1) is 13.5. The maximum atomic E-state index is 6.03. The minimum atomic E-state index is -0.544. The molecular weight excluding hydrogens is 238 g/mol. The summed E-state index contributed by atoms with van der Waals surface area (Å²) in [6.07, 6.45) is 1.74. The summed E-state index contributed by atoms with van der Waals surface area (Å²) in [4.78, 5) is 8.77. The summed E-state index contributed by atoms with van der Waals surface area (Å²) >= 11 is 0. The molecule has 1 aromatic heterocycles. The monoisotopic (exact) mass is 257 g/mol. The molecule has 1 heterocycles. The molecule has 2 rings (SSSR count). The van der Waals surface area contributed by atoms with Gasteiger partial charge in [-0.1, -0.05) is 0 Å². The van der Waals surface area contributed by atoms with Crippen molar-refractivity contribution in [2.24, 2.45) is 5.73 Å². The summed E-state index contributed by atoms with van der Waals surface area (Å²) in [6, 6.07) is 7.87. The van der Waals surface area contributed by atoms with E-state index in [1.54, 1.807) is 13.3 Å². The standard InChI is InChI=1S/C15H19N3O/c1-10-9-11(5-6-13(10)19-4)12-7-8-17-14(18-12)15(2,3)16/h5-9H,16H2,1-4H3. The summed E-state index contributed by atoms with van der Waals surface area (Å²) in [5.74, 6) is 1.51. The van der Waals surface area contributed by atoms with Crippen LogP contribution in [0.2, 0.25) is 0 Å². The summed E-state index contributed by atoms with van der Waals surface area (Å²) in [5, 5.41) is 0. The van der Waals surface area contributed by atoms with Crippen LogP contribution in [0.25, 0.3) is 11.3 Å². The van der Waals surface area contributed by atoms with Gasteiger partial charge in [-0.2, -0.15) is 0 Å². The number of hydrogen-bond donors (Lipinski definition) is 1. The Morgan fingerprint density at radius 2 is 1.95 bits per heavy atom. The van der Waals surface area contributed by atoms with Crippen molar-refractivity contribution in [3.05, 3.63) is 41.9 Å². The molecule has 0 atom stereocenters. The summed E-state index contributed by atoms with van der Waals surface area (Å²) < 4.78 is 5.26. The molecule has 2 aromatic rings. The average molecular weight is 257 g/mol. The van der Waals surface area contributed by atoms with Gasteiger partial charge in [-0.25, -0.2) is 9.97 Å². The van der Waals surface area contributed by atoms with Crippen LogP contribution in [0.5, 0.6) is 5.75 Å². The highest BCUT2D eigenvalue weighted by Crippen LogP contribution is 2.25. The highest BCUT2D eigenvalue weighted by atomic mass is 16.5. The number of nitrogens with two attached hydrogens (primary N) is 1. The van der Waals surface area contributed by atoms with E-state index in [0.29, 0.717) is 5.82 Å². The highest BCUT2D eigenvalue weighted by Gasteiger charge is 2.18. The largest absolute Gasteiger partial charge is 0.496 e. The Kier molecular flexibility index (Phi) is 3.53. The summed E-state index contributed by atoms with van der Waals surface area (Å²) in [6.45, 7) is 5.80. The Labute approximate surface area is 113 Å². The number of nitrogens with zero attached hydrogens (tertiary/aromatic N) is 2. The Morgan fingerprint density at radius 3 is 2.53 bits per heavy atom. The molecule has 0 bridgehead atoms. The predicted molar refractivity (Wildman–Crippen MR) is 76.0 cm³/mol. The van der Waals surface area contributed by atoms with Gasteiger partial charge in [0, 0.05) is 11.8 Å². The lowest BCUT2D eigenvalue weighted by molar-refractivity contribution is 0.412. The Hall–Kier alpha value is -1.94. The third-order valence-electron chi connectivity index (χ3n) is 2.92. The second kappa shape index (κ2) is 4.97. The van der Waals surface area contributed by atoms with Crippen LogP contribution in [0, 0.1) is 6.92 Å². The van der Waals surface area contributed by atoms with Crippen LogP contribution in [-0.4, -0.2) is 17.1 Å². The molecule has 0 spiro atoms. The van der Waals surface area contributed by atoms with Gasteiger partial charge in [0.15, 0.2) is 0 Å². The van der Waals surface area contributed by atoms with Gasteiger partial charge in [-0.3, -0.25) is 0 Å². The van der Waals surface area contributed by atoms with Crippen LogP contribution in [0.3, 0.4) is 0 Å². The molecule has 0 fully saturated rings. The maximum Gasteiger partial charge on any atom is 0.148 e. The Balaban J connectivity index is 2.45. The van der Waals surface area contributed by atoms with Crippen molar-refractivity contribution in [3.8, 4) is 17.0 Å². The molecule has 0 aliphatic heterocycles. The summed E-state index contributed by atoms with van der Waals surface area (Å²) in [5.41, 5.74) is 8.47. The molecule has 0 unspecified atom stereocenters. The minimum Gasteiger partial charge on any atom is -0.496 e. The topological polar surface area (TPSA) is 61.0 Å². The fourth-order valence-electron chi connectivity index (χ4n) is 1.87. The second-order valence-corrected chi connectivity index (χ2v) is 5.17. The zero-order valence-corrected chi connectivity index (χ0v) is 11.8. The third kappa shape index (κ3) is 2.90. The number of methoxy groups -OCH3 is 1. The van der Waals surface area contributed by atoms with Gasteiger partial charge < -0.3 is 10.5 Å². The maximum absolute atomic E-state index is 6.03. The van der Waals surface area contributed by atoms with E-state index in [0.717, 1.165) is 22.6 Å². The quantitative estimate of drug-likeness (QED) is 0.918. The summed E-state index contributed by atoms with van der Waals surface area (Å²) in [7, 11) is 1.67. The van der Waals surface area contributed by atoms with Crippen molar-refractivity contribution in [2.75, 3.05) is 7.11 Å². The molecule has 0 saturated carbocycles. The third-order valence-corrected chi connectivity index (χ3v) is 2.92. The van der Waals surface area contributed by atoms with Crippen molar-refractivity contribution in [3.63, 3.8) is 0 Å². The van der Waals surface area contributed by atoms with Crippen LogP contribution in [-0.2, 0) is 5.54 Å². The Morgan fingerprint density at radius 1 is 1.21 bits per heavy atom. The molecule has 19 heavy (non-hydrogen) atoms. The first-order valence-electron chi connectivity index (χ1n) is 6.19. The van der Waals surface area contributed by atoms with Gasteiger partial charge in [-0.15, -0.1) is 0 Å². The van der Waals surface area contributed by atoms with Crippen molar-refractivity contribution >= 4 is 0 Å². The van der Waals surface area contributed by atoms with Crippen molar-refractivity contribution in [1.29, 1.82) is 0 Å². The van der Waals surface area contributed by atoms with E-state index >= 15 is 0 Å². The number of ether oxygens (including phenoxy) is 1. The average Bonchev–Trinajstić information content (AvgIpc) is 2.38. The molecule has 4 nitrogen and oxygen atoms in total. The van der Waals surface area contributed by atoms with Crippen LogP contribution in [0.1, 0.15) is 25.2 Å². The second-order valence-electron chi connectivity index (χ2n) is 5.17. The zero-order valence-electron chi connectivity index (χ0n) is 11.8. The van der Waals surface area contributed by atoms with Gasteiger partial charge in [0.25, 0.3) is 0 Å². The lowest BCUT2D eigenvalue weighted by Gasteiger charge is -2.17.